The predicted molar refractivity (Wildman–Crippen MR) is 87.8 cm³/mol. The molecule has 2 heterocycles. The minimum absolute atomic E-state index is 0.172. The molecule has 2 N–H and O–H groups in total. The maximum Gasteiger partial charge on any atom is 0.191 e. The van der Waals surface area contributed by atoms with Gasteiger partial charge in [-0.3, -0.25) is 4.99 Å². The molecule has 4 unspecified atom stereocenters. The van der Waals surface area contributed by atoms with Gasteiger partial charge in [0.05, 0.1) is 12.1 Å². The van der Waals surface area contributed by atoms with Gasteiger partial charge in [0, 0.05) is 35.9 Å². The first-order chi connectivity index (χ1) is 10.0. The summed E-state index contributed by atoms with van der Waals surface area (Å²) in [4.78, 5) is 5.72. The Morgan fingerprint density at radius 1 is 1.52 bits per heavy atom. The number of ether oxygens (including phenoxy) is 1. The van der Waals surface area contributed by atoms with Crippen molar-refractivity contribution in [2.45, 2.75) is 45.4 Å². The van der Waals surface area contributed by atoms with Crippen molar-refractivity contribution < 1.29 is 4.74 Å². The quantitative estimate of drug-likeness (QED) is 0.667. The summed E-state index contributed by atoms with van der Waals surface area (Å²) >= 11 is 1.77. The van der Waals surface area contributed by atoms with Gasteiger partial charge in [0.15, 0.2) is 5.96 Å². The van der Waals surface area contributed by atoms with Crippen molar-refractivity contribution in [2.24, 2.45) is 16.3 Å². The van der Waals surface area contributed by atoms with Crippen LogP contribution in [0.25, 0.3) is 0 Å². The van der Waals surface area contributed by atoms with Gasteiger partial charge in [-0.25, -0.2) is 0 Å². The fraction of sp³-hybridized carbons (Fsp3) is 0.688. The first kappa shape index (κ1) is 14.9. The molecule has 2 aliphatic rings. The fourth-order valence-corrected chi connectivity index (χ4v) is 4.48. The zero-order chi connectivity index (χ0) is 15.0. The number of nitrogens with zero attached hydrogens (tertiary/aromatic N) is 1. The molecule has 5 heteroatoms. The van der Waals surface area contributed by atoms with E-state index in [4.69, 9.17) is 4.74 Å². The van der Waals surface area contributed by atoms with Crippen molar-refractivity contribution in [3.8, 4) is 0 Å². The topological polar surface area (TPSA) is 45.7 Å². The first-order valence-corrected chi connectivity index (χ1v) is 8.57. The Kier molecular flexibility index (Phi) is 3.97. The van der Waals surface area contributed by atoms with Gasteiger partial charge < -0.3 is 15.4 Å². The summed E-state index contributed by atoms with van der Waals surface area (Å²) in [6.45, 7) is 7.64. The van der Waals surface area contributed by atoms with Gasteiger partial charge in [-0.15, -0.1) is 11.3 Å². The van der Waals surface area contributed by atoms with Gasteiger partial charge in [0.1, 0.15) is 0 Å². The van der Waals surface area contributed by atoms with Crippen LogP contribution >= 0.6 is 11.3 Å². The highest BCUT2D eigenvalue weighted by atomic mass is 32.1. The van der Waals surface area contributed by atoms with Gasteiger partial charge >= 0.3 is 0 Å². The lowest BCUT2D eigenvalue weighted by Crippen LogP contribution is -2.68. The minimum atomic E-state index is 0.172. The predicted octanol–water partition coefficient (Wildman–Crippen LogP) is 2.79. The standard InChI is InChI=1S/C16H25N3OS/c1-10(12-6-5-9-21-12)18-15(17-4)19-13-11-7-8-20-14(11)16(13,2)3/h5-6,9-11,13-14H,7-8H2,1-4H3,(H2,17,18,19). The second-order valence-electron chi connectivity index (χ2n) is 6.64. The summed E-state index contributed by atoms with van der Waals surface area (Å²) in [5.74, 6) is 1.51. The SMILES string of the molecule is CN=C(NC(C)c1cccs1)NC1C2CCOC2C1(C)C. The van der Waals surface area contributed by atoms with Gasteiger partial charge in [-0.2, -0.15) is 0 Å². The van der Waals surface area contributed by atoms with E-state index in [0.29, 0.717) is 18.1 Å². The Hall–Kier alpha value is -1.07. The molecule has 1 saturated carbocycles. The van der Waals surface area contributed by atoms with E-state index in [1.165, 1.54) is 4.88 Å². The third-order valence-corrected chi connectivity index (χ3v) is 5.99. The molecule has 0 aromatic carbocycles. The van der Waals surface area contributed by atoms with Crippen molar-refractivity contribution >= 4 is 17.3 Å². The normalized spacial score (nSPS) is 32.2. The zero-order valence-corrected chi connectivity index (χ0v) is 14.0. The smallest absolute Gasteiger partial charge is 0.191 e. The van der Waals surface area contributed by atoms with E-state index in [0.717, 1.165) is 19.0 Å². The van der Waals surface area contributed by atoms with Crippen LogP contribution in [0.1, 0.15) is 38.1 Å². The number of rotatable bonds is 3. The lowest BCUT2D eigenvalue weighted by molar-refractivity contribution is -0.106. The summed E-state index contributed by atoms with van der Waals surface area (Å²) in [5.41, 5.74) is 0.172. The number of fused-ring (bicyclic) bond motifs is 1. The van der Waals surface area contributed by atoms with Gasteiger partial charge in [-0.1, -0.05) is 19.9 Å². The van der Waals surface area contributed by atoms with Gasteiger partial charge in [-0.05, 0) is 24.8 Å². The summed E-state index contributed by atoms with van der Waals surface area (Å²) < 4.78 is 5.85. The maximum atomic E-state index is 5.85. The molecule has 2 fully saturated rings. The molecule has 1 aromatic heterocycles. The number of guanidine groups is 1. The summed E-state index contributed by atoms with van der Waals surface area (Å²) in [7, 11) is 1.84. The maximum absolute atomic E-state index is 5.85. The average Bonchev–Trinajstić information content (AvgIpc) is 3.12. The van der Waals surface area contributed by atoms with Crippen LogP contribution in [0.4, 0.5) is 0 Å². The second kappa shape index (κ2) is 5.61. The number of nitrogens with one attached hydrogen (secondary N) is 2. The van der Waals surface area contributed by atoms with Crippen molar-refractivity contribution in [1.82, 2.24) is 10.6 Å². The molecule has 1 aliphatic carbocycles. The molecule has 0 spiro atoms. The Morgan fingerprint density at radius 3 is 3.00 bits per heavy atom. The summed E-state index contributed by atoms with van der Waals surface area (Å²) in [5, 5.41) is 9.23. The Morgan fingerprint density at radius 2 is 2.33 bits per heavy atom. The van der Waals surface area contributed by atoms with Crippen LogP contribution in [-0.2, 0) is 4.74 Å². The van der Waals surface area contributed by atoms with Crippen LogP contribution in [0.3, 0.4) is 0 Å². The van der Waals surface area contributed by atoms with Crippen molar-refractivity contribution in [2.75, 3.05) is 13.7 Å². The number of thiophene rings is 1. The van der Waals surface area contributed by atoms with Crippen LogP contribution in [0.15, 0.2) is 22.5 Å². The molecule has 0 bridgehead atoms. The molecule has 4 nitrogen and oxygen atoms in total. The highest BCUT2D eigenvalue weighted by Gasteiger charge is 2.59. The molecule has 21 heavy (non-hydrogen) atoms. The molecule has 3 rings (SSSR count). The lowest BCUT2D eigenvalue weighted by atomic mass is 9.57. The third-order valence-electron chi connectivity index (χ3n) is 4.94. The summed E-state index contributed by atoms with van der Waals surface area (Å²) in [6, 6.07) is 4.95. The van der Waals surface area contributed by atoms with Crippen LogP contribution in [0, 0.1) is 11.3 Å². The van der Waals surface area contributed by atoms with E-state index in [1.54, 1.807) is 11.3 Å². The number of aliphatic imine (C=N–C) groups is 1. The Bertz CT molecular complexity index is 512. The number of hydrogen-bond acceptors (Lipinski definition) is 3. The van der Waals surface area contributed by atoms with E-state index < -0.39 is 0 Å². The van der Waals surface area contributed by atoms with E-state index in [1.807, 2.05) is 7.05 Å². The van der Waals surface area contributed by atoms with Crippen molar-refractivity contribution in [3.05, 3.63) is 22.4 Å². The van der Waals surface area contributed by atoms with Crippen molar-refractivity contribution in [3.63, 3.8) is 0 Å². The lowest BCUT2D eigenvalue weighted by Gasteiger charge is -2.55. The zero-order valence-electron chi connectivity index (χ0n) is 13.2. The molecule has 0 amide bonds. The molecule has 1 aromatic rings. The van der Waals surface area contributed by atoms with Gasteiger partial charge in [0.25, 0.3) is 0 Å². The van der Waals surface area contributed by atoms with E-state index in [2.05, 4.69) is 53.9 Å². The van der Waals surface area contributed by atoms with Crippen LogP contribution in [0.5, 0.6) is 0 Å². The fourth-order valence-electron chi connectivity index (χ4n) is 3.75. The molecule has 1 saturated heterocycles. The molecule has 116 valence electrons. The molecule has 0 radical (unpaired) electrons. The molecule has 1 aliphatic heterocycles. The van der Waals surface area contributed by atoms with E-state index >= 15 is 0 Å². The average molecular weight is 307 g/mol. The third kappa shape index (κ3) is 2.57. The highest BCUT2D eigenvalue weighted by molar-refractivity contribution is 7.10. The van der Waals surface area contributed by atoms with Crippen molar-refractivity contribution in [1.29, 1.82) is 0 Å². The Balaban J connectivity index is 1.63. The van der Waals surface area contributed by atoms with Gasteiger partial charge in [0.2, 0.25) is 0 Å². The first-order valence-electron chi connectivity index (χ1n) is 7.69. The molecular weight excluding hydrogens is 282 g/mol. The van der Waals surface area contributed by atoms with Crippen LogP contribution < -0.4 is 10.6 Å². The molecule has 4 atom stereocenters. The van der Waals surface area contributed by atoms with Crippen LogP contribution in [-0.4, -0.2) is 31.8 Å². The highest BCUT2D eigenvalue weighted by Crippen LogP contribution is 2.52. The van der Waals surface area contributed by atoms with E-state index in [9.17, 15) is 0 Å². The largest absolute Gasteiger partial charge is 0.377 e. The minimum Gasteiger partial charge on any atom is -0.377 e. The summed E-state index contributed by atoms with van der Waals surface area (Å²) in [6.07, 6.45) is 1.56. The monoisotopic (exact) mass is 307 g/mol. The molecular formula is C16H25N3OS. The second-order valence-corrected chi connectivity index (χ2v) is 7.62. The number of hydrogen-bond donors (Lipinski definition) is 2. The van der Waals surface area contributed by atoms with Crippen LogP contribution in [0.2, 0.25) is 0 Å². The van der Waals surface area contributed by atoms with E-state index in [-0.39, 0.29) is 11.5 Å². The Labute approximate surface area is 131 Å².